The van der Waals surface area contributed by atoms with Crippen molar-refractivity contribution in [2.45, 2.75) is 38.3 Å². The maximum atomic E-state index is 12.6. The van der Waals surface area contributed by atoms with E-state index in [9.17, 15) is 8.42 Å². The van der Waals surface area contributed by atoms with E-state index in [-0.39, 0.29) is 17.9 Å². The third-order valence-electron chi connectivity index (χ3n) is 4.87. The largest absolute Gasteiger partial charge is 0.377 e. The molecule has 0 bridgehead atoms. The summed E-state index contributed by atoms with van der Waals surface area (Å²) in [5.74, 6) is 1.18. The second-order valence-corrected chi connectivity index (χ2v) is 8.01. The molecular weight excluding hydrogens is 264 g/mol. The number of hydrogen-bond donors (Lipinski definition) is 1. The molecule has 0 aromatic heterocycles. The Labute approximate surface area is 115 Å². The van der Waals surface area contributed by atoms with Crippen LogP contribution in [0.3, 0.4) is 0 Å². The minimum atomic E-state index is -3.17. The quantitative estimate of drug-likeness (QED) is 0.815. The van der Waals surface area contributed by atoms with Gasteiger partial charge in [-0.2, -0.15) is 4.31 Å². The molecule has 0 saturated carbocycles. The van der Waals surface area contributed by atoms with Crippen molar-refractivity contribution in [3.05, 3.63) is 0 Å². The Hall–Kier alpha value is -0.170. The summed E-state index contributed by atoms with van der Waals surface area (Å²) in [5.41, 5.74) is 0. The molecule has 6 heteroatoms. The predicted octanol–water partition coefficient (Wildman–Crippen LogP) is 0.425. The van der Waals surface area contributed by atoms with Crippen LogP contribution in [0.4, 0.5) is 0 Å². The van der Waals surface area contributed by atoms with Gasteiger partial charge in [-0.25, -0.2) is 8.42 Å². The molecule has 3 aliphatic rings. The van der Waals surface area contributed by atoms with Gasteiger partial charge < -0.3 is 10.1 Å². The molecule has 3 aliphatic heterocycles. The number of rotatable bonds is 4. The van der Waals surface area contributed by atoms with Crippen molar-refractivity contribution in [3.8, 4) is 0 Å². The summed E-state index contributed by atoms with van der Waals surface area (Å²) in [6.45, 7) is 5.44. The van der Waals surface area contributed by atoms with E-state index in [0.29, 0.717) is 25.0 Å². The number of hydrogen-bond acceptors (Lipinski definition) is 4. The number of nitrogens with zero attached hydrogens (tertiary/aromatic N) is 1. The van der Waals surface area contributed by atoms with Crippen molar-refractivity contribution in [2.24, 2.45) is 11.8 Å². The molecule has 19 heavy (non-hydrogen) atoms. The van der Waals surface area contributed by atoms with Gasteiger partial charge in [-0.05, 0) is 44.2 Å². The van der Waals surface area contributed by atoms with Crippen LogP contribution in [0, 0.1) is 11.8 Å². The first kappa shape index (κ1) is 13.8. The molecule has 0 aromatic carbocycles. The van der Waals surface area contributed by atoms with Crippen molar-refractivity contribution in [1.29, 1.82) is 0 Å². The van der Waals surface area contributed by atoms with E-state index in [1.807, 2.05) is 0 Å². The summed E-state index contributed by atoms with van der Waals surface area (Å²) in [6, 6.07) is 0.186. The monoisotopic (exact) mass is 288 g/mol. The van der Waals surface area contributed by atoms with E-state index in [0.717, 1.165) is 32.4 Å². The molecule has 0 aliphatic carbocycles. The topological polar surface area (TPSA) is 58.6 Å². The minimum absolute atomic E-state index is 0.0823. The van der Waals surface area contributed by atoms with E-state index >= 15 is 0 Å². The number of fused-ring (bicyclic) bond motifs is 1. The maximum Gasteiger partial charge on any atom is 0.216 e. The maximum absolute atomic E-state index is 12.6. The lowest BCUT2D eigenvalue weighted by atomic mass is 9.93. The van der Waals surface area contributed by atoms with Crippen LogP contribution in [0.2, 0.25) is 0 Å². The summed E-state index contributed by atoms with van der Waals surface area (Å²) in [7, 11) is -3.17. The first-order valence-corrected chi connectivity index (χ1v) is 9.04. The van der Waals surface area contributed by atoms with Crippen LogP contribution < -0.4 is 5.32 Å². The van der Waals surface area contributed by atoms with Crippen LogP contribution >= 0.6 is 0 Å². The van der Waals surface area contributed by atoms with Crippen molar-refractivity contribution >= 4 is 10.0 Å². The van der Waals surface area contributed by atoms with Crippen LogP contribution in [0.1, 0.15) is 26.2 Å². The molecule has 4 unspecified atom stereocenters. The van der Waals surface area contributed by atoms with E-state index in [1.165, 1.54) is 0 Å². The van der Waals surface area contributed by atoms with Crippen LogP contribution in [-0.4, -0.2) is 56.9 Å². The molecule has 110 valence electrons. The Morgan fingerprint density at radius 3 is 2.89 bits per heavy atom. The summed E-state index contributed by atoms with van der Waals surface area (Å²) in [5, 5.41) is 3.39. The van der Waals surface area contributed by atoms with Crippen LogP contribution in [0.25, 0.3) is 0 Å². The van der Waals surface area contributed by atoms with Gasteiger partial charge in [0, 0.05) is 19.2 Å². The van der Waals surface area contributed by atoms with Gasteiger partial charge in [0.15, 0.2) is 0 Å². The highest BCUT2D eigenvalue weighted by atomic mass is 32.2. The van der Waals surface area contributed by atoms with Gasteiger partial charge in [-0.3, -0.25) is 0 Å². The van der Waals surface area contributed by atoms with Crippen molar-refractivity contribution in [1.82, 2.24) is 9.62 Å². The third kappa shape index (κ3) is 2.55. The number of ether oxygens (including phenoxy) is 1. The molecule has 3 fully saturated rings. The zero-order valence-electron chi connectivity index (χ0n) is 11.5. The van der Waals surface area contributed by atoms with E-state index in [4.69, 9.17) is 4.74 Å². The van der Waals surface area contributed by atoms with Crippen molar-refractivity contribution in [2.75, 3.05) is 32.0 Å². The van der Waals surface area contributed by atoms with E-state index in [1.54, 1.807) is 4.31 Å². The zero-order valence-corrected chi connectivity index (χ0v) is 12.4. The third-order valence-corrected chi connectivity index (χ3v) is 6.79. The van der Waals surface area contributed by atoms with Gasteiger partial charge in [0.1, 0.15) is 0 Å². The molecule has 0 aromatic rings. The fourth-order valence-corrected chi connectivity index (χ4v) is 5.98. The first-order valence-electron chi connectivity index (χ1n) is 7.43. The SMILES string of the molecule is CCC1C2CNCC2CN1S(=O)(=O)CC1CCCO1. The zero-order chi connectivity index (χ0) is 13.5. The lowest BCUT2D eigenvalue weighted by Crippen LogP contribution is -2.42. The van der Waals surface area contributed by atoms with Gasteiger partial charge in [-0.1, -0.05) is 6.92 Å². The molecule has 3 rings (SSSR count). The minimum Gasteiger partial charge on any atom is -0.377 e. The molecule has 5 nitrogen and oxygen atoms in total. The van der Waals surface area contributed by atoms with Crippen LogP contribution in [-0.2, 0) is 14.8 Å². The van der Waals surface area contributed by atoms with Crippen molar-refractivity contribution < 1.29 is 13.2 Å². The summed E-state index contributed by atoms with van der Waals surface area (Å²) in [6.07, 6.45) is 2.71. The highest BCUT2D eigenvalue weighted by molar-refractivity contribution is 7.89. The van der Waals surface area contributed by atoms with Gasteiger partial charge >= 0.3 is 0 Å². The predicted molar refractivity (Wildman–Crippen MR) is 73.4 cm³/mol. The lowest BCUT2D eigenvalue weighted by Gasteiger charge is -2.27. The normalized spacial score (nSPS) is 39.8. The standard InChI is InChI=1S/C13H24N2O3S/c1-2-13-12-7-14-6-10(12)8-15(13)19(16,17)9-11-4-3-5-18-11/h10-14H,2-9H2,1H3. The highest BCUT2D eigenvalue weighted by Gasteiger charge is 2.48. The Balaban J connectivity index is 1.73. The summed E-state index contributed by atoms with van der Waals surface area (Å²) >= 11 is 0. The molecular formula is C13H24N2O3S. The van der Waals surface area contributed by atoms with Gasteiger partial charge in [0.2, 0.25) is 10.0 Å². The van der Waals surface area contributed by atoms with Crippen LogP contribution in [0.5, 0.6) is 0 Å². The first-order chi connectivity index (χ1) is 9.12. The second-order valence-electron chi connectivity index (χ2n) is 6.04. The van der Waals surface area contributed by atoms with Crippen LogP contribution in [0.15, 0.2) is 0 Å². The molecule has 0 spiro atoms. The molecule has 0 radical (unpaired) electrons. The van der Waals surface area contributed by atoms with E-state index in [2.05, 4.69) is 12.2 Å². The smallest absolute Gasteiger partial charge is 0.216 e. The van der Waals surface area contributed by atoms with Gasteiger partial charge in [-0.15, -0.1) is 0 Å². The highest BCUT2D eigenvalue weighted by Crippen LogP contribution is 2.36. The van der Waals surface area contributed by atoms with Gasteiger partial charge in [0.25, 0.3) is 0 Å². The fraction of sp³-hybridized carbons (Fsp3) is 1.00. The molecule has 3 saturated heterocycles. The average molecular weight is 288 g/mol. The molecule has 0 amide bonds. The molecule has 1 N–H and O–H groups in total. The Bertz CT molecular complexity index is 420. The van der Waals surface area contributed by atoms with Crippen molar-refractivity contribution in [3.63, 3.8) is 0 Å². The Morgan fingerprint density at radius 1 is 1.37 bits per heavy atom. The Morgan fingerprint density at radius 2 is 2.21 bits per heavy atom. The average Bonchev–Trinajstić information content (AvgIpc) is 3.02. The molecule has 4 atom stereocenters. The number of nitrogens with one attached hydrogen (secondary N) is 1. The van der Waals surface area contributed by atoms with E-state index < -0.39 is 10.0 Å². The fourth-order valence-electron chi connectivity index (χ4n) is 3.92. The summed E-state index contributed by atoms with van der Waals surface area (Å²) in [4.78, 5) is 0. The lowest BCUT2D eigenvalue weighted by molar-refractivity contribution is 0.126. The Kier molecular flexibility index (Phi) is 3.86. The molecule has 3 heterocycles. The van der Waals surface area contributed by atoms with Gasteiger partial charge in [0.05, 0.1) is 11.9 Å². The summed E-state index contributed by atoms with van der Waals surface area (Å²) < 4.78 is 32.5. The second kappa shape index (κ2) is 5.31. The number of sulfonamides is 1.